The van der Waals surface area contributed by atoms with Gasteiger partial charge in [0.15, 0.2) is 0 Å². The van der Waals surface area contributed by atoms with Gasteiger partial charge in [0.1, 0.15) is 0 Å². The summed E-state index contributed by atoms with van der Waals surface area (Å²) < 4.78 is 5.25. The van der Waals surface area contributed by atoms with E-state index in [1.54, 1.807) is 7.11 Å². The third kappa shape index (κ3) is 1.65. The first kappa shape index (κ1) is 8.38. The van der Waals surface area contributed by atoms with Gasteiger partial charge in [0.25, 0.3) is 0 Å². The van der Waals surface area contributed by atoms with Gasteiger partial charge in [-0.2, -0.15) is 0 Å². The Morgan fingerprint density at radius 1 is 1.45 bits per heavy atom. The number of hydrogen-bond donors (Lipinski definition) is 0. The van der Waals surface area contributed by atoms with Gasteiger partial charge in [0, 0.05) is 5.92 Å². The van der Waals surface area contributed by atoms with Crippen molar-refractivity contribution in [2.45, 2.75) is 27.2 Å². The second-order valence-electron chi connectivity index (χ2n) is 3.32. The molecular weight excluding hydrogens is 136 g/mol. The number of allylic oxidation sites excluding steroid dienone is 4. The lowest BCUT2D eigenvalue weighted by Gasteiger charge is -2.21. The van der Waals surface area contributed by atoms with Crippen molar-refractivity contribution in [1.29, 1.82) is 0 Å². The second-order valence-corrected chi connectivity index (χ2v) is 3.32. The second kappa shape index (κ2) is 3.12. The molecule has 0 spiro atoms. The van der Waals surface area contributed by atoms with E-state index in [1.807, 2.05) is 0 Å². The molecule has 0 radical (unpaired) electrons. The smallest absolute Gasteiger partial charge is 0.0989 e. The topological polar surface area (TPSA) is 9.23 Å². The van der Waals surface area contributed by atoms with Crippen LogP contribution >= 0.6 is 0 Å². The van der Waals surface area contributed by atoms with Crippen molar-refractivity contribution in [3.63, 3.8) is 0 Å². The van der Waals surface area contributed by atoms with Crippen molar-refractivity contribution in [2.24, 2.45) is 5.92 Å². The number of hydrogen-bond acceptors (Lipinski definition) is 1. The van der Waals surface area contributed by atoms with Crippen LogP contribution in [0.2, 0.25) is 0 Å². The maximum absolute atomic E-state index is 5.25. The molecular formula is C10H16O. The highest BCUT2D eigenvalue weighted by Gasteiger charge is 2.15. The molecule has 0 saturated carbocycles. The minimum atomic E-state index is 0.559. The normalized spacial score (nSPS) is 25.1. The van der Waals surface area contributed by atoms with E-state index in [2.05, 4.69) is 26.8 Å². The number of methoxy groups -OCH3 is 1. The molecule has 0 aromatic carbocycles. The average Bonchev–Trinajstić information content (AvgIpc) is 1.97. The third-order valence-corrected chi connectivity index (χ3v) is 2.37. The van der Waals surface area contributed by atoms with Crippen molar-refractivity contribution in [1.82, 2.24) is 0 Å². The summed E-state index contributed by atoms with van der Waals surface area (Å²) in [5.41, 5.74) is 2.85. The van der Waals surface area contributed by atoms with E-state index >= 15 is 0 Å². The Labute approximate surface area is 68.8 Å². The molecule has 1 heteroatoms. The zero-order chi connectivity index (χ0) is 8.43. The standard InChI is InChI=1S/C10H16O/c1-7-5-9(3)10(11-4)6-8(7)2/h6,9H,5H2,1-4H3. The molecule has 0 fully saturated rings. The molecule has 0 aromatic rings. The minimum Gasteiger partial charge on any atom is -0.501 e. The van der Waals surface area contributed by atoms with Crippen molar-refractivity contribution < 1.29 is 4.74 Å². The van der Waals surface area contributed by atoms with Crippen molar-refractivity contribution in [3.05, 3.63) is 23.0 Å². The van der Waals surface area contributed by atoms with E-state index in [4.69, 9.17) is 4.74 Å². The lowest BCUT2D eigenvalue weighted by Crippen LogP contribution is -2.07. The Bertz CT molecular complexity index is 211. The molecule has 62 valence electrons. The maximum Gasteiger partial charge on any atom is 0.0989 e. The van der Waals surface area contributed by atoms with Gasteiger partial charge in [-0.15, -0.1) is 0 Å². The van der Waals surface area contributed by atoms with Gasteiger partial charge in [-0.25, -0.2) is 0 Å². The van der Waals surface area contributed by atoms with Gasteiger partial charge >= 0.3 is 0 Å². The van der Waals surface area contributed by atoms with Gasteiger partial charge in [-0.1, -0.05) is 12.5 Å². The molecule has 1 aliphatic rings. The molecule has 0 amide bonds. The molecule has 0 aliphatic heterocycles. The Hall–Kier alpha value is -0.720. The van der Waals surface area contributed by atoms with Crippen LogP contribution in [0.1, 0.15) is 27.2 Å². The first-order valence-electron chi connectivity index (χ1n) is 4.07. The Morgan fingerprint density at radius 2 is 2.09 bits per heavy atom. The maximum atomic E-state index is 5.25. The van der Waals surface area contributed by atoms with Crippen LogP contribution < -0.4 is 0 Å². The summed E-state index contributed by atoms with van der Waals surface area (Å²) in [6.07, 6.45) is 3.29. The van der Waals surface area contributed by atoms with Gasteiger partial charge < -0.3 is 4.74 Å². The molecule has 1 aliphatic carbocycles. The highest BCUT2D eigenvalue weighted by atomic mass is 16.5. The first-order valence-corrected chi connectivity index (χ1v) is 4.07. The summed E-state index contributed by atoms with van der Waals surface area (Å²) in [5.74, 6) is 1.68. The van der Waals surface area contributed by atoms with E-state index in [-0.39, 0.29) is 0 Å². The molecule has 1 nitrogen and oxygen atoms in total. The monoisotopic (exact) mass is 152 g/mol. The summed E-state index contributed by atoms with van der Waals surface area (Å²) in [4.78, 5) is 0. The number of rotatable bonds is 1. The molecule has 0 heterocycles. The molecule has 1 atom stereocenters. The molecule has 0 aromatic heterocycles. The van der Waals surface area contributed by atoms with Crippen LogP contribution in [0.4, 0.5) is 0 Å². The van der Waals surface area contributed by atoms with Gasteiger partial charge in [-0.3, -0.25) is 0 Å². The zero-order valence-corrected chi connectivity index (χ0v) is 7.77. The van der Waals surface area contributed by atoms with E-state index in [0.29, 0.717) is 5.92 Å². The van der Waals surface area contributed by atoms with Crippen molar-refractivity contribution >= 4 is 0 Å². The van der Waals surface area contributed by atoms with E-state index < -0.39 is 0 Å². The Morgan fingerprint density at radius 3 is 2.64 bits per heavy atom. The van der Waals surface area contributed by atoms with Gasteiger partial charge in [0.05, 0.1) is 12.9 Å². The number of ether oxygens (including phenoxy) is 1. The molecule has 1 rings (SSSR count). The summed E-state index contributed by atoms with van der Waals surface area (Å²) in [6, 6.07) is 0. The van der Waals surface area contributed by atoms with E-state index in [1.165, 1.54) is 11.1 Å². The highest BCUT2D eigenvalue weighted by molar-refractivity contribution is 5.30. The molecule has 11 heavy (non-hydrogen) atoms. The zero-order valence-electron chi connectivity index (χ0n) is 7.77. The third-order valence-electron chi connectivity index (χ3n) is 2.37. The Balaban J connectivity index is 2.87. The molecule has 1 unspecified atom stereocenters. The summed E-state index contributed by atoms with van der Waals surface area (Å²) in [5, 5.41) is 0. The highest BCUT2D eigenvalue weighted by Crippen LogP contribution is 2.28. The summed E-state index contributed by atoms with van der Waals surface area (Å²) >= 11 is 0. The van der Waals surface area contributed by atoms with Crippen LogP contribution in [0.3, 0.4) is 0 Å². The van der Waals surface area contributed by atoms with Crippen LogP contribution in [-0.2, 0) is 4.74 Å². The van der Waals surface area contributed by atoms with Crippen LogP contribution in [0.25, 0.3) is 0 Å². The minimum absolute atomic E-state index is 0.559. The van der Waals surface area contributed by atoms with Crippen molar-refractivity contribution in [2.75, 3.05) is 7.11 Å². The lowest BCUT2D eigenvalue weighted by molar-refractivity contribution is 0.244. The summed E-state index contributed by atoms with van der Waals surface area (Å²) in [6.45, 7) is 6.53. The van der Waals surface area contributed by atoms with E-state index in [9.17, 15) is 0 Å². The van der Waals surface area contributed by atoms with Gasteiger partial charge in [-0.05, 0) is 31.9 Å². The average molecular weight is 152 g/mol. The fourth-order valence-electron chi connectivity index (χ4n) is 1.46. The fraction of sp³-hybridized carbons (Fsp3) is 0.600. The SMILES string of the molecule is COC1=CC(C)=C(C)CC1C. The predicted molar refractivity (Wildman–Crippen MR) is 47.2 cm³/mol. The Kier molecular flexibility index (Phi) is 2.38. The van der Waals surface area contributed by atoms with E-state index in [0.717, 1.165) is 12.2 Å². The largest absolute Gasteiger partial charge is 0.501 e. The lowest BCUT2D eigenvalue weighted by atomic mass is 9.91. The molecule has 0 saturated heterocycles. The first-order chi connectivity index (χ1) is 5.15. The van der Waals surface area contributed by atoms with Crippen molar-refractivity contribution in [3.8, 4) is 0 Å². The fourth-order valence-corrected chi connectivity index (χ4v) is 1.46. The predicted octanol–water partition coefficient (Wildman–Crippen LogP) is 2.89. The van der Waals surface area contributed by atoms with Crippen LogP contribution in [0.15, 0.2) is 23.0 Å². The van der Waals surface area contributed by atoms with Crippen LogP contribution in [0.5, 0.6) is 0 Å². The van der Waals surface area contributed by atoms with Crippen LogP contribution in [0, 0.1) is 5.92 Å². The molecule has 0 bridgehead atoms. The molecule has 0 N–H and O–H groups in total. The quantitative estimate of drug-likeness (QED) is 0.561. The summed E-state index contributed by atoms with van der Waals surface area (Å²) in [7, 11) is 1.75. The van der Waals surface area contributed by atoms with Gasteiger partial charge in [0.2, 0.25) is 0 Å². The van der Waals surface area contributed by atoms with Crippen LogP contribution in [-0.4, -0.2) is 7.11 Å².